The van der Waals surface area contributed by atoms with Crippen molar-refractivity contribution in [3.05, 3.63) is 17.5 Å². The van der Waals surface area contributed by atoms with Crippen LogP contribution in [0.4, 0.5) is 13.2 Å². The summed E-state index contributed by atoms with van der Waals surface area (Å²) in [6.45, 7) is 1.63. The van der Waals surface area contributed by atoms with Gasteiger partial charge in [0.05, 0.1) is 6.10 Å². The second-order valence-corrected chi connectivity index (χ2v) is 2.54. The highest BCUT2D eigenvalue weighted by Gasteiger charge is 2.36. The lowest BCUT2D eigenvalue weighted by atomic mass is 10.2. The highest BCUT2D eigenvalue weighted by Crippen LogP contribution is 2.31. The first-order valence-corrected chi connectivity index (χ1v) is 3.67. The molecule has 0 amide bonds. The van der Waals surface area contributed by atoms with E-state index in [9.17, 15) is 13.2 Å². The number of nitrogens with zero attached hydrogens (tertiary/aromatic N) is 1. The van der Waals surface area contributed by atoms with E-state index in [1.807, 2.05) is 0 Å². The molecule has 0 spiro atoms. The molecule has 0 aliphatic heterocycles. The largest absolute Gasteiger partial charge is 0.452 e. The van der Waals surface area contributed by atoms with Crippen molar-refractivity contribution in [2.24, 2.45) is 0 Å². The van der Waals surface area contributed by atoms with Crippen molar-refractivity contribution in [1.82, 2.24) is 5.16 Å². The van der Waals surface area contributed by atoms with Crippen molar-refractivity contribution in [3.8, 4) is 0 Å². The van der Waals surface area contributed by atoms with Crippen molar-refractivity contribution < 1.29 is 22.8 Å². The molecule has 0 saturated heterocycles. The van der Waals surface area contributed by atoms with E-state index in [0.717, 1.165) is 0 Å². The zero-order valence-electron chi connectivity index (χ0n) is 6.80. The second kappa shape index (κ2) is 3.37. The smallest absolute Gasteiger partial charge is 0.387 e. The first kappa shape index (κ1) is 10.0. The third-order valence-corrected chi connectivity index (χ3v) is 1.54. The van der Waals surface area contributed by atoms with Crippen LogP contribution in [0.25, 0.3) is 0 Å². The van der Waals surface area contributed by atoms with Crippen LogP contribution in [0.3, 0.4) is 0 Å². The molecule has 13 heavy (non-hydrogen) atoms. The molecule has 1 heterocycles. The van der Waals surface area contributed by atoms with E-state index >= 15 is 0 Å². The molecule has 0 aliphatic rings. The fourth-order valence-electron chi connectivity index (χ4n) is 0.789. The number of aromatic nitrogens is 1. The van der Waals surface area contributed by atoms with Crippen LogP contribution in [0.2, 0.25) is 0 Å². The predicted molar refractivity (Wildman–Crippen MR) is 36.8 cm³/mol. The minimum absolute atomic E-state index is 0.0881. The third-order valence-electron chi connectivity index (χ3n) is 1.54. The van der Waals surface area contributed by atoms with E-state index in [0.29, 0.717) is 12.5 Å². The van der Waals surface area contributed by atoms with Gasteiger partial charge in [-0.15, -0.1) is 0 Å². The van der Waals surface area contributed by atoms with E-state index in [-0.39, 0.29) is 5.69 Å². The molecule has 3 nitrogen and oxygen atoms in total. The first-order chi connectivity index (χ1) is 5.95. The average Bonchev–Trinajstić information content (AvgIpc) is 2.50. The molecule has 1 rings (SSSR count). The fraction of sp³-hybridized carbons (Fsp3) is 0.571. The zero-order valence-corrected chi connectivity index (χ0v) is 6.80. The quantitative estimate of drug-likeness (QED) is 0.786. The van der Waals surface area contributed by atoms with Crippen molar-refractivity contribution >= 4 is 0 Å². The molecule has 1 aromatic heterocycles. The number of aliphatic hydroxyl groups excluding tert-OH is 1. The minimum atomic E-state index is -4.54. The molecule has 0 saturated carbocycles. The van der Waals surface area contributed by atoms with Crippen molar-refractivity contribution in [2.45, 2.75) is 25.6 Å². The number of alkyl halides is 3. The summed E-state index contributed by atoms with van der Waals surface area (Å²) in [5, 5.41) is 12.2. The van der Waals surface area contributed by atoms with Gasteiger partial charge in [-0.25, -0.2) is 0 Å². The van der Waals surface area contributed by atoms with Crippen LogP contribution >= 0.6 is 0 Å². The predicted octanol–water partition coefficient (Wildman–Crippen LogP) is 2.14. The van der Waals surface area contributed by atoms with E-state index in [1.165, 1.54) is 0 Å². The normalized spacial score (nSPS) is 14.5. The number of hydrogen-bond donors (Lipinski definition) is 1. The lowest BCUT2D eigenvalue weighted by Crippen LogP contribution is -2.02. The summed E-state index contributed by atoms with van der Waals surface area (Å²) >= 11 is 0. The molecule has 0 aliphatic carbocycles. The monoisotopic (exact) mass is 195 g/mol. The Bertz CT molecular complexity index is 282. The standard InChI is InChI=1S/C7H8F3NO2/c1-2-5(12)4-3-6(13-11-4)7(8,9)10/h3,5,12H,2H2,1H3. The third kappa shape index (κ3) is 2.21. The van der Waals surface area contributed by atoms with Crippen LogP contribution in [0.5, 0.6) is 0 Å². The molecule has 6 heteroatoms. The Labute approximate surface area is 72.1 Å². The molecule has 0 aromatic carbocycles. The van der Waals surface area contributed by atoms with E-state index < -0.39 is 18.0 Å². The maximum Gasteiger partial charge on any atom is 0.452 e. The van der Waals surface area contributed by atoms with Gasteiger partial charge in [0.25, 0.3) is 0 Å². The molecule has 1 unspecified atom stereocenters. The van der Waals surface area contributed by atoms with E-state index in [2.05, 4.69) is 9.68 Å². The molecule has 1 aromatic rings. The van der Waals surface area contributed by atoms with Gasteiger partial charge in [-0.1, -0.05) is 12.1 Å². The van der Waals surface area contributed by atoms with Gasteiger partial charge in [-0.05, 0) is 6.42 Å². The maximum absolute atomic E-state index is 12.0. The van der Waals surface area contributed by atoms with Crippen LogP contribution in [0.15, 0.2) is 10.6 Å². The summed E-state index contributed by atoms with van der Waals surface area (Å²) in [7, 11) is 0. The topological polar surface area (TPSA) is 46.3 Å². The summed E-state index contributed by atoms with van der Waals surface area (Å²) in [5.41, 5.74) is -0.0881. The van der Waals surface area contributed by atoms with Gasteiger partial charge in [0.2, 0.25) is 5.76 Å². The Morgan fingerprint density at radius 2 is 2.23 bits per heavy atom. The van der Waals surface area contributed by atoms with E-state index in [1.54, 1.807) is 6.92 Å². The van der Waals surface area contributed by atoms with Crippen LogP contribution in [0.1, 0.15) is 30.9 Å². The highest BCUT2D eigenvalue weighted by molar-refractivity contribution is 5.10. The number of rotatable bonds is 2. The Morgan fingerprint density at radius 1 is 1.62 bits per heavy atom. The van der Waals surface area contributed by atoms with Gasteiger partial charge in [-0.3, -0.25) is 0 Å². The van der Waals surface area contributed by atoms with Crippen molar-refractivity contribution in [2.75, 3.05) is 0 Å². The Hall–Kier alpha value is -1.04. The summed E-state index contributed by atoms with van der Waals surface area (Å²) in [6, 6.07) is 0.703. The highest BCUT2D eigenvalue weighted by atomic mass is 19.4. The first-order valence-electron chi connectivity index (χ1n) is 3.67. The van der Waals surface area contributed by atoms with Gasteiger partial charge in [0.1, 0.15) is 5.69 Å². The van der Waals surface area contributed by atoms with Crippen LogP contribution in [-0.2, 0) is 6.18 Å². The minimum Gasteiger partial charge on any atom is -0.387 e. The van der Waals surface area contributed by atoms with Crippen LogP contribution in [0, 0.1) is 0 Å². The number of aliphatic hydroxyl groups is 1. The van der Waals surface area contributed by atoms with Gasteiger partial charge in [0, 0.05) is 6.07 Å². The number of hydrogen-bond acceptors (Lipinski definition) is 3. The number of halogens is 3. The molecule has 1 atom stereocenters. The summed E-state index contributed by atoms with van der Waals surface area (Å²) < 4.78 is 39.9. The Morgan fingerprint density at radius 3 is 2.62 bits per heavy atom. The van der Waals surface area contributed by atoms with Crippen molar-refractivity contribution in [3.63, 3.8) is 0 Å². The van der Waals surface area contributed by atoms with Crippen molar-refractivity contribution in [1.29, 1.82) is 0 Å². The molecule has 0 fully saturated rings. The molecular weight excluding hydrogens is 187 g/mol. The second-order valence-electron chi connectivity index (χ2n) is 2.54. The summed E-state index contributed by atoms with van der Waals surface area (Å²) in [4.78, 5) is 0. The van der Waals surface area contributed by atoms with Gasteiger partial charge < -0.3 is 9.63 Å². The lowest BCUT2D eigenvalue weighted by Gasteiger charge is -2.00. The molecule has 74 valence electrons. The molecule has 1 N–H and O–H groups in total. The Balaban J connectivity index is 2.87. The van der Waals surface area contributed by atoms with Gasteiger partial charge in [-0.2, -0.15) is 13.2 Å². The van der Waals surface area contributed by atoms with Gasteiger partial charge in [0.15, 0.2) is 0 Å². The lowest BCUT2D eigenvalue weighted by molar-refractivity contribution is -0.155. The van der Waals surface area contributed by atoms with Crippen LogP contribution < -0.4 is 0 Å². The summed E-state index contributed by atoms with van der Waals surface area (Å²) in [5.74, 6) is -1.19. The molecule has 0 radical (unpaired) electrons. The zero-order chi connectivity index (χ0) is 10.1. The molecule has 0 bridgehead atoms. The van der Waals surface area contributed by atoms with Crippen LogP contribution in [-0.4, -0.2) is 10.3 Å². The summed E-state index contributed by atoms with van der Waals surface area (Å²) in [6.07, 6.45) is -5.25. The van der Waals surface area contributed by atoms with Gasteiger partial charge >= 0.3 is 6.18 Å². The maximum atomic E-state index is 12.0. The average molecular weight is 195 g/mol. The molecular formula is C7H8F3NO2. The van der Waals surface area contributed by atoms with E-state index in [4.69, 9.17) is 5.11 Å². The fourth-order valence-corrected chi connectivity index (χ4v) is 0.789. The SMILES string of the molecule is CCC(O)c1cc(C(F)(F)F)on1. The Kier molecular flexibility index (Phi) is 2.60.